The van der Waals surface area contributed by atoms with Crippen LogP contribution in [0.5, 0.6) is 0 Å². The van der Waals surface area contributed by atoms with E-state index in [-0.39, 0.29) is 6.03 Å². The lowest BCUT2D eigenvalue weighted by Crippen LogP contribution is -2.52. The number of pyridine rings is 1. The van der Waals surface area contributed by atoms with Crippen LogP contribution < -0.4 is 0 Å². The first-order chi connectivity index (χ1) is 9.74. The summed E-state index contributed by atoms with van der Waals surface area (Å²) in [6, 6.07) is 6.17. The van der Waals surface area contributed by atoms with E-state index in [0.29, 0.717) is 0 Å². The quantitative estimate of drug-likeness (QED) is 0.839. The highest BCUT2D eigenvalue weighted by molar-refractivity contribution is 5.74. The van der Waals surface area contributed by atoms with Gasteiger partial charge in [-0.3, -0.25) is 9.88 Å². The molecule has 110 valence electrons. The van der Waals surface area contributed by atoms with Crippen molar-refractivity contribution in [1.29, 1.82) is 0 Å². The van der Waals surface area contributed by atoms with E-state index in [4.69, 9.17) is 0 Å². The maximum absolute atomic E-state index is 12.2. The number of piperazine rings is 1. The van der Waals surface area contributed by atoms with Crippen LogP contribution >= 0.6 is 0 Å². The van der Waals surface area contributed by atoms with Crippen molar-refractivity contribution in [3.63, 3.8) is 0 Å². The van der Waals surface area contributed by atoms with Crippen LogP contribution in [0.2, 0.25) is 0 Å². The molecule has 0 aliphatic carbocycles. The molecule has 1 aromatic rings. The summed E-state index contributed by atoms with van der Waals surface area (Å²) in [5.41, 5.74) is 1.09. The molecule has 20 heavy (non-hydrogen) atoms. The lowest BCUT2D eigenvalue weighted by atomic mass is 10.2. The zero-order chi connectivity index (χ0) is 14.4. The molecule has 0 radical (unpaired) electrons. The Balaban J connectivity index is 1.82. The van der Waals surface area contributed by atoms with Crippen molar-refractivity contribution in [2.45, 2.75) is 20.4 Å². The van der Waals surface area contributed by atoms with Crippen molar-refractivity contribution in [2.75, 3.05) is 39.3 Å². The second kappa shape index (κ2) is 7.24. The maximum Gasteiger partial charge on any atom is 0.320 e. The molecule has 0 unspecified atom stereocenters. The van der Waals surface area contributed by atoms with Gasteiger partial charge in [-0.2, -0.15) is 0 Å². The minimum Gasteiger partial charge on any atom is -0.325 e. The normalized spacial score (nSPS) is 16.2. The Kier molecular flexibility index (Phi) is 5.35. The van der Waals surface area contributed by atoms with Gasteiger partial charge in [0.05, 0.1) is 5.69 Å². The molecule has 5 nitrogen and oxygen atoms in total. The number of hydrogen-bond donors (Lipinski definition) is 0. The van der Waals surface area contributed by atoms with Gasteiger partial charge in [-0.25, -0.2) is 4.79 Å². The number of aromatic nitrogens is 1. The predicted octanol–water partition coefficient (Wildman–Crippen LogP) is 1.66. The lowest BCUT2D eigenvalue weighted by molar-refractivity contribution is 0.111. The van der Waals surface area contributed by atoms with Gasteiger partial charge in [-0.05, 0) is 26.0 Å². The van der Waals surface area contributed by atoms with Crippen LogP contribution in [0.3, 0.4) is 0 Å². The molecule has 1 fully saturated rings. The van der Waals surface area contributed by atoms with E-state index in [0.717, 1.165) is 51.5 Å². The molecule has 0 atom stereocenters. The Bertz CT molecular complexity index is 411. The van der Waals surface area contributed by atoms with E-state index in [1.807, 2.05) is 48.0 Å². The van der Waals surface area contributed by atoms with Crippen LogP contribution in [-0.2, 0) is 6.54 Å². The molecule has 0 saturated carbocycles. The number of rotatable bonds is 4. The summed E-state index contributed by atoms with van der Waals surface area (Å²) in [6.45, 7) is 9.94. The lowest BCUT2D eigenvalue weighted by Gasteiger charge is -2.37. The fraction of sp³-hybridized carbons (Fsp3) is 0.600. The zero-order valence-electron chi connectivity index (χ0n) is 12.5. The summed E-state index contributed by atoms with van der Waals surface area (Å²) in [5.74, 6) is 0. The molecule has 2 amide bonds. The van der Waals surface area contributed by atoms with Gasteiger partial charge in [0.25, 0.3) is 0 Å². The number of amides is 2. The molecular formula is C15H24N4O. The number of nitrogens with zero attached hydrogens (tertiary/aromatic N) is 4. The Labute approximate surface area is 121 Å². The van der Waals surface area contributed by atoms with E-state index in [2.05, 4.69) is 9.88 Å². The minimum absolute atomic E-state index is 0.174. The standard InChI is InChI=1S/C15H24N4O/c1-3-18(4-2)15(20)19-11-9-17(10-12-19)13-14-7-5-6-8-16-14/h5-8H,3-4,9-13H2,1-2H3. The maximum atomic E-state index is 12.2. The third kappa shape index (κ3) is 3.70. The number of carbonyl (C=O) groups is 1. The van der Waals surface area contributed by atoms with Gasteiger partial charge in [0.1, 0.15) is 0 Å². The third-order valence-corrected chi connectivity index (χ3v) is 3.79. The summed E-state index contributed by atoms with van der Waals surface area (Å²) < 4.78 is 0. The van der Waals surface area contributed by atoms with Crippen LogP contribution in [0.1, 0.15) is 19.5 Å². The average molecular weight is 276 g/mol. The van der Waals surface area contributed by atoms with E-state index in [1.165, 1.54) is 0 Å². The van der Waals surface area contributed by atoms with Crippen LogP contribution in [0.25, 0.3) is 0 Å². The van der Waals surface area contributed by atoms with Gasteiger partial charge < -0.3 is 9.80 Å². The Hall–Kier alpha value is -1.62. The van der Waals surface area contributed by atoms with Gasteiger partial charge in [0.2, 0.25) is 0 Å². The number of hydrogen-bond acceptors (Lipinski definition) is 3. The molecule has 1 aromatic heterocycles. The van der Waals surface area contributed by atoms with Crippen molar-refractivity contribution < 1.29 is 4.79 Å². The topological polar surface area (TPSA) is 39.7 Å². The van der Waals surface area contributed by atoms with Gasteiger partial charge in [-0.1, -0.05) is 6.07 Å². The highest BCUT2D eigenvalue weighted by atomic mass is 16.2. The SMILES string of the molecule is CCN(CC)C(=O)N1CCN(Cc2ccccn2)CC1. The second-order valence-corrected chi connectivity index (χ2v) is 5.04. The molecule has 2 heterocycles. The van der Waals surface area contributed by atoms with Crippen molar-refractivity contribution >= 4 is 6.03 Å². The van der Waals surface area contributed by atoms with E-state index in [1.54, 1.807) is 0 Å². The minimum atomic E-state index is 0.174. The molecule has 5 heteroatoms. The summed E-state index contributed by atoms with van der Waals surface area (Å²) in [5, 5.41) is 0. The summed E-state index contributed by atoms with van der Waals surface area (Å²) in [6.07, 6.45) is 1.83. The fourth-order valence-electron chi connectivity index (χ4n) is 2.51. The van der Waals surface area contributed by atoms with Crippen LogP contribution in [0.15, 0.2) is 24.4 Å². The van der Waals surface area contributed by atoms with Gasteiger partial charge >= 0.3 is 6.03 Å². The summed E-state index contributed by atoms with van der Waals surface area (Å²) >= 11 is 0. The van der Waals surface area contributed by atoms with Crippen LogP contribution in [0, 0.1) is 0 Å². The first-order valence-corrected chi connectivity index (χ1v) is 7.40. The predicted molar refractivity (Wildman–Crippen MR) is 79.4 cm³/mol. The molecule has 0 bridgehead atoms. The zero-order valence-corrected chi connectivity index (χ0v) is 12.5. The molecule has 2 rings (SSSR count). The summed E-state index contributed by atoms with van der Waals surface area (Å²) in [7, 11) is 0. The molecule has 1 aliphatic rings. The Morgan fingerprint density at radius 2 is 1.90 bits per heavy atom. The van der Waals surface area contributed by atoms with E-state index in [9.17, 15) is 4.79 Å². The van der Waals surface area contributed by atoms with E-state index >= 15 is 0 Å². The van der Waals surface area contributed by atoms with Crippen LogP contribution in [-0.4, -0.2) is 65.0 Å². The smallest absolute Gasteiger partial charge is 0.320 e. The first-order valence-electron chi connectivity index (χ1n) is 7.40. The molecule has 0 spiro atoms. The fourth-order valence-corrected chi connectivity index (χ4v) is 2.51. The Morgan fingerprint density at radius 3 is 2.45 bits per heavy atom. The molecule has 1 saturated heterocycles. The first kappa shape index (κ1) is 14.8. The number of carbonyl (C=O) groups excluding carboxylic acids is 1. The highest BCUT2D eigenvalue weighted by Crippen LogP contribution is 2.08. The highest BCUT2D eigenvalue weighted by Gasteiger charge is 2.23. The number of urea groups is 1. The molecule has 1 aliphatic heterocycles. The van der Waals surface area contributed by atoms with Crippen molar-refractivity contribution in [2.24, 2.45) is 0 Å². The molecule has 0 N–H and O–H groups in total. The van der Waals surface area contributed by atoms with Gasteiger partial charge in [0.15, 0.2) is 0 Å². The van der Waals surface area contributed by atoms with Crippen LogP contribution in [0.4, 0.5) is 4.79 Å². The molecular weight excluding hydrogens is 252 g/mol. The van der Waals surface area contributed by atoms with Crippen molar-refractivity contribution in [1.82, 2.24) is 19.7 Å². The summed E-state index contributed by atoms with van der Waals surface area (Å²) in [4.78, 5) is 22.8. The van der Waals surface area contributed by atoms with Crippen molar-refractivity contribution in [3.05, 3.63) is 30.1 Å². The average Bonchev–Trinajstić information content (AvgIpc) is 2.50. The van der Waals surface area contributed by atoms with Crippen molar-refractivity contribution in [3.8, 4) is 0 Å². The van der Waals surface area contributed by atoms with Gasteiger partial charge in [-0.15, -0.1) is 0 Å². The largest absolute Gasteiger partial charge is 0.325 e. The Morgan fingerprint density at radius 1 is 1.20 bits per heavy atom. The van der Waals surface area contributed by atoms with E-state index < -0.39 is 0 Å². The second-order valence-electron chi connectivity index (χ2n) is 5.04. The monoisotopic (exact) mass is 276 g/mol. The third-order valence-electron chi connectivity index (χ3n) is 3.79. The van der Waals surface area contributed by atoms with Gasteiger partial charge in [0, 0.05) is 52.0 Å². The molecule has 0 aromatic carbocycles.